The maximum atomic E-state index is 13.3. The fourth-order valence-electron chi connectivity index (χ4n) is 6.68. The zero-order valence-corrected chi connectivity index (χ0v) is 34.1. The summed E-state index contributed by atoms with van der Waals surface area (Å²) in [6.07, 6.45) is 1.03. The molecule has 0 bridgehead atoms. The second-order valence-electron chi connectivity index (χ2n) is 13.8. The number of aromatic nitrogens is 2. The van der Waals surface area contributed by atoms with Crippen LogP contribution in [0.2, 0.25) is 0 Å². The molecule has 1 aromatic heterocycles. The molecule has 12 heteroatoms. The maximum absolute atomic E-state index is 13.3. The summed E-state index contributed by atoms with van der Waals surface area (Å²) in [7, 11) is 2.79. The van der Waals surface area contributed by atoms with E-state index in [4.69, 9.17) is 27.9 Å². The number of methoxy groups -OCH3 is 2. The molecular weight excluding hydrogens is 755 g/mol. The molecule has 0 amide bonds. The van der Waals surface area contributed by atoms with Crippen molar-refractivity contribution >= 4 is 16.1 Å². The lowest BCUT2D eigenvalue weighted by atomic mass is 9.80. The topological polar surface area (TPSA) is 119 Å². The fourth-order valence-corrected chi connectivity index (χ4v) is 7.29. The Morgan fingerprint density at radius 3 is 1.45 bits per heavy atom. The molecule has 6 rings (SSSR count). The van der Waals surface area contributed by atoms with E-state index in [1.54, 1.807) is 31.5 Å². The summed E-state index contributed by atoms with van der Waals surface area (Å²) in [5.74, 6) is 1.87. The Morgan fingerprint density at radius 1 is 0.621 bits per heavy atom. The molecule has 0 fully saturated rings. The Kier molecular flexibility index (Phi) is 14.3. The lowest BCUT2D eigenvalue weighted by Crippen LogP contribution is -2.45. The van der Waals surface area contributed by atoms with E-state index in [0.717, 1.165) is 34.1 Å². The number of benzene rings is 5. The summed E-state index contributed by atoms with van der Waals surface area (Å²) in [6, 6.07) is 44.4. The van der Waals surface area contributed by atoms with Gasteiger partial charge in [-0.05, 0) is 52.1 Å². The third-order valence-corrected chi connectivity index (χ3v) is 10.1. The van der Waals surface area contributed by atoms with Crippen molar-refractivity contribution in [3.8, 4) is 11.5 Å². The van der Waals surface area contributed by atoms with Crippen LogP contribution in [0.15, 0.2) is 152 Å². The fraction of sp³-hybridized carbons (Fsp3) is 0.261. The minimum absolute atomic E-state index is 0.0680. The van der Waals surface area contributed by atoms with Crippen molar-refractivity contribution in [2.24, 2.45) is 0 Å². The molecule has 0 aliphatic rings. The third-order valence-electron chi connectivity index (χ3n) is 9.55. The Hall–Kier alpha value is -5.63. The van der Waals surface area contributed by atoms with E-state index < -0.39 is 34.0 Å². The molecule has 0 aliphatic carbocycles. The highest BCUT2D eigenvalue weighted by atomic mass is 32.2. The van der Waals surface area contributed by atoms with Crippen molar-refractivity contribution in [3.63, 3.8) is 0 Å². The van der Waals surface area contributed by atoms with Gasteiger partial charge in [-0.25, -0.2) is 9.97 Å². The minimum atomic E-state index is -4.11. The first-order chi connectivity index (χ1) is 28.1. The predicted octanol–water partition coefficient (Wildman–Crippen LogP) is 7.76. The molecule has 58 heavy (non-hydrogen) atoms. The number of ether oxygens (including phenoxy) is 5. The molecule has 11 nitrogen and oxygen atoms in total. The van der Waals surface area contributed by atoms with Gasteiger partial charge in [-0.2, -0.15) is 8.42 Å². The zero-order valence-electron chi connectivity index (χ0n) is 33.3. The molecule has 0 saturated carbocycles. The molecule has 0 unspecified atom stereocenters. The van der Waals surface area contributed by atoms with Crippen molar-refractivity contribution in [3.05, 3.63) is 185 Å². The molecule has 0 aliphatic heterocycles. The van der Waals surface area contributed by atoms with E-state index in [2.05, 4.69) is 9.97 Å². The standard InChI is InChI=1S/C46H49N3O8S/c1-49(2)45-47-29-36(30-48-45)43(54-31-34-21-25-40(52-3)26-22-34)44(55-32-35-23-27-41(53-4)28-24-35)42(57-58(5,50)51)33-56-46(37-15-9-6-10-16-37,38-17-11-7-12-18-38)39-19-13-8-14-20-39/h6-30,42-44H,31-33H2,1-5H3/t42-,43-,44-/m1/s1. The molecule has 0 spiro atoms. The predicted molar refractivity (Wildman–Crippen MR) is 223 cm³/mol. The van der Waals surface area contributed by atoms with E-state index in [1.807, 2.05) is 154 Å². The molecule has 302 valence electrons. The van der Waals surface area contributed by atoms with E-state index in [-0.39, 0.29) is 19.8 Å². The second kappa shape index (κ2) is 19.7. The van der Waals surface area contributed by atoms with Crippen molar-refractivity contribution < 1.29 is 36.3 Å². The average Bonchev–Trinajstić information content (AvgIpc) is 3.26. The monoisotopic (exact) mass is 803 g/mol. The zero-order chi connectivity index (χ0) is 41.0. The highest BCUT2D eigenvalue weighted by Gasteiger charge is 2.42. The van der Waals surface area contributed by atoms with Gasteiger partial charge >= 0.3 is 0 Å². The first-order valence-corrected chi connectivity index (χ1v) is 20.6. The molecule has 0 radical (unpaired) electrons. The molecule has 5 aromatic carbocycles. The van der Waals surface area contributed by atoms with Crippen molar-refractivity contribution in [1.82, 2.24) is 9.97 Å². The van der Waals surface area contributed by atoms with Gasteiger partial charge in [-0.1, -0.05) is 115 Å². The number of rotatable bonds is 20. The van der Waals surface area contributed by atoms with Gasteiger partial charge in [0.05, 0.1) is 40.3 Å². The quantitative estimate of drug-likeness (QED) is 0.0557. The molecule has 0 saturated heterocycles. The van der Waals surface area contributed by atoms with E-state index in [0.29, 0.717) is 23.0 Å². The van der Waals surface area contributed by atoms with Crippen LogP contribution in [0.5, 0.6) is 11.5 Å². The Balaban J connectivity index is 1.48. The lowest BCUT2D eigenvalue weighted by molar-refractivity contribution is -0.150. The largest absolute Gasteiger partial charge is 0.497 e. The molecule has 6 aromatic rings. The van der Waals surface area contributed by atoms with Gasteiger partial charge < -0.3 is 28.6 Å². The first kappa shape index (κ1) is 42.0. The molecular formula is C46H49N3O8S. The van der Waals surface area contributed by atoms with Crippen LogP contribution >= 0.6 is 0 Å². The molecule has 1 heterocycles. The van der Waals surface area contributed by atoms with Crippen molar-refractivity contribution in [1.29, 1.82) is 0 Å². The van der Waals surface area contributed by atoms with Gasteiger partial charge in [0.25, 0.3) is 10.1 Å². The number of anilines is 1. The van der Waals surface area contributed by atoms with Crippen LogP contribution in [0.4, 0.5) is 5.95 Å². The summed E-state index contributed by atoms with van der Waals surface area (Å²) in [5, 5.41) is 0. The first-order valence-electron chi connectivity index (χ1n) is 18.8. The lowest BCUT2D eigenvalue weighted by Gasteiger charge is -2.39. The Bertz CT molecular complexity index is 2150. The maximum Gasteiger partial charge on any atom is 0.264 e. The summed E-state index contributed by atoms with van der Waals surface area (Å²) < 4.78 is 64.1. The highest BCUT2D eigenvalue weighted by molar-refractivity contribution is 7.86. The summed E-state index contributed by atoms with van der Waals surface area (Å²) in [5.41, 5.74) is 3.51. The Morgan fingerprint density at radius 2 is 1.05 bits per heavy atom. The smallest absolute Gasteiger partial charge is 0.264 e. The number of hydrogen-bond acceptors (Lipinski definition) is 11. The SMILES string of the molecule is COc1ccc(CO[C@@H]([C@H](OCc2ccc(OC)cc2)c2cnc(N(C)C)nc2)[C@@H](COC(c2ccccc2)(c2ccccc2)c2ccccc2)OS(C)(=O)=O)cc1. The van der Waals surface area contributed by atoms with Crippen LogP contribution in [-0.4, -0.2) is 71.8 Å². The van der Waals surface area contributed by atoms with Gasteiger partial charge in [0, 0.05) is 32.1 Å². The number of nitrogens with zero attached hydrogens (tertiary/aromatic N) is 3. The van der Waals surface area contributed by atoms with Gasteiger partial charge in [-0.15, -0.1) is 0 Å². The van der Waals surface area contributed by atoms with Crippen LogP contribution in [0.25, 0.3) is 0 Å². The van der Waals surface area contributed by atoms with Gasteiger partial charge in [0.2, 0.25) is 5.95 Å². The second-order valence-corrected chi connectivity index (χ2v) is 15.4. The summed E-state index contributed by atoms with van der Waals surface area (Å²) in [4.78, 5) is 11.0. The van der Waals surface area contributed by atoms with Crippen molar-refractivity contribution in [2.75, 3.05) is 46.1 Å². The summed E-state index contributed by atoms with van der Waals surface area (Å²) >= 11 is 0. The molecule has 0 N–H and O–H groups in total. The number of hydrogen-bond donors (Lipinski definition) is 0. The molecule has 3 atom stereocenters. The third kappa shape index (κ3) is 10.6. The average molecular weight is 804 g/mol. The minimum Gasteiger partial charge on any atom is -0.497 e. The van der Waals surface area contributed by atoms with Crippen LogP contribution in [0, 0.1) is 0 Å². The van der Waals surface area contributed by atoms with E-state index in [1.165, 1.54) is 0 Å². The van der Waals surface area contributed by atoms with E-state index >= 15 is 0 Å². The van der Waals surface area contributed by atoms with Gasteiger partial charge in [0.15, 0.2) is 0 Å². The van der Waals surface area contributed by atoms with Crippen LogP contribution < -0.4 is 14.4 Å². The van der Waals surface area contributed by atoms with Crippen molar-refractivity contribution in [2.45, 2.75) is 37.1 Å². The highest BCUT2D eigenvalue weighted by Crippen LogP contribution is 2.41. The van der Waals surface area contributed by atoms with Gasteiger partial charge in [0.1, 0.15) is 35.4 Å². The normalized spacial score (nSPS) is 13.3. The van der Waals surface area contributed by atoms with Crippen LogP contribution in [0.3, 0.4) is 0 Å². The van der Waals surface area contributed by atoms with Crippen LogP contribution in [-0.2, 0) is 47.3 Å². The summed E-state index contributed by atoms with van der Waals surface area (Å²) in [6.45, 7) is -0.0580. The van der Waals surface area contributed by atoms with E-state index in [9.17, 15) is 8.42 Å². The Labute approximate surface area is 341 Å². The van der Waals surface area contributed by atoms with Gasteiger partial charge in [-0.3, -0.25) is 4.18 Å². The van der Waals surface area contributed by atoms with Crippen LogP contribution in [0.1, 0.15) is 39.5 Å².